The first-order valence-electron chi connectivity index (χ1n) is 6.02. The molecule has 0 atom stereocenters. The van der Waals surface area contributed by atoms with Crippen LogP contribution in [-0.2, 0) is 4.74 Å². The van der Waals surface area contributed by atoms with Gasteiger partial charge in [-0.25, -0.2) is 4.79 Å². The second-order valence-corrected chi connectivity index (χ2v) is 4.42. The van der Waals surface area contributed by atoms with E-state index in [2.05, 4.69) is 4.74 Å². The smallest absolute Gasteiger partial charge is 0.340 e. The highest BCUT2D eigenvalue weighted by molar-refractivity contribution is 5.97. The van der Waals surface area contributed by atoms with Gasteiger partial charge in [0.1, 0.15) is 0 Å². The van der Waals surface area contributed by atoms with Gasteiger partial charge in [-0.1, -0.05) is 19.3 Å². The van der Waals surface area contributed by atoms with Crippen LogP contribution >= 0.6 is 0 Å². The molecule has 1 aromatic rings. The van der Waals surface area contributed by atoms with E-state index in [0.29, 0.717) is 17.3 Å². The van der Waals surface area contributed by atoms with Gasteiger partial charge in [-0.2, -0.15) is 0 Å². The van der Waals surface area contributed by atoms with Gasteiger partial charge in [-0.05, 0) is 18.9 Å². The molecular weight excluding hydrogens is 218 g/mol. The number of carbonyl (C=O) groups is 2. The van der Waals surface area contributed by atoms with Crippen LogP contribution in [0.15, 0.2) is 12.3 Å². The fraction of sp³-hybridized carbons (Fsp3) is 0.538. The van der Waals surface area contributed by atoms with Crippen molar-refractivity contribution in [2.24, 2.45) is 0 Å². The summed E-state index contributed by atoms with van der Waals surface area (Å²) in [6.45, 7) is 0. The first kappa shape index (κ1) is 11.9. The minimum atomic E-state index is -0.443. The predicted octanol–water partition coefficient (Wildman–Crippen LogP) is 2.59. The summed E-state index contributed by atoms with van der Waals surface area (Å²) in [4.78, 5) is 22.6. The number of methoxy groups -OCH3 is 1. The summed E-state index contributed by atoms with van der Waals surface area (Å²) >= 11 is 0. The zero-order valence-corrected chi connectivity index (χ0v) is 10.0. The zero-order valence-electron chi connectivity index (χ0n) is 10.0. The molecule has 1 aromatic heterocycles. The Morgan fingerprint density at radius 2 is 2.12 bits per heavy atom. The Morgan fingerprint density at radius 3 is 2.71 bits per heavy atom. The van der Waals surface area contributed by atoms with Crippen LogP contribution in [0.1, 0.15) is 59.0 Å². The molecule has 0 saturated heterocycles. The summed E-state index contributed by atoms with van der Waals surface area (Å²) in [6, 6.07) is 2.02. The lowest BCUT2D eigenvalue weighted by Crippen LogP contribution is -2.15. The van der Waals surface area contributed by atoms with E-state index in [-0.39, 0.29) is 0 Å². The number of carbonyl (C=O) groups excluding carboxylic acids is 2. The van der Waals surface area contributed by atoms with Gasteiger partial charge in [0.25, 0.3) is 0 Å². The molecule has 0 unspecified atom stereocenters. The van der Waals surface area contributed by atoms with Crippen molar-refractivity contribution in [2.45, 2.75) is 38.1 Å². The minimum Gasteiger partial charge on any atom is -0.465 e. The first-order chi connectivity index (χ1) is 8.27. The van der Waals surface area contributed by atoms with Crippen molar-refractivity contribution < 1.29 is 14.3 Å². The third-order valence-electron chi connectivity index (χ3n) is 3.44. The molecule has 4 nitrogen and oxygen atoms in total. The van der Waals surface area contributed by atoms with Crippen LogP contribution in [0.25, 0.3) is 0 Å². The van der Waals surface area contributed by atoms with Crippen LogP contribution < -0.4 is 0 Å². The number of aromatic nitrogens is 1. The third-order valence-corrected chi connectivity index (χ3v) is 3.44. The van der Waals surface area contributed by atoms with E-state index in [9.17, 15) is 9.59 Å². The number of esters is 1. The molecule has 1 heterocycles. The van der Waals surface area contributed by atoms with E-state index in [0.717, 1.165) is 19.1 Å². The Bertz CT molecular complexity index is 416. The van der Waals surface area contributed by atoms with E-state index in [1.165, 1.54) is 26.4 Å². The molecule has 1 aliphatic carbocycles. The van der Waals surface area contributed by atoms with Gasteiger partial charge in [0, 0.05) is 12.2 Å². The summed E-state index contributed by atoms with van der Waals surface area (Å²) in [5.74, 6) is -0.443. The van der Waals surface area contributed by atoms with E-state index in [1.54, 1.807) is 6.07 Å². The third kappa shape index (κ3) is 2.25. The number of hydrogen-bond acceptors (Lipinski definition) is 3. The first-order valence-corrected chi connectivity index (χ1v) is 6.02. The van der Waals surface area contributed by atoms with Crippen LogP contribution in [0.5, 0.6) is 0 Å². The van der Waals surface area contributed by atoms with Gasteiger partial charge in [0.05, 0.1) is 18.4 Å². The summed E-state index contributed by atoms with van der Waals surface area (Å²) < 4.78 is 6.60. The van der Waals surface area contributed by atoms with Crippen molar-refractivity contribution in [1.29, 1.82) is 0 Å². The Hall–Kier alpha value is -1.58. The largest absolute Gasteiger partial charge is 0.465 e. The monoisotopic (exact) mass is 235 g/mol. The molecule has 0 N–H and O–H groups in total. The van der Waals surface area contributed by atoms with Crippen molar-refractivity contribution in [3.63, 3.8) is 0 Å². The standard InChI is InChI=1S/C13H17NO3/c1-17-13(16)11-7-8-14(12(11)9-15)10-5-3-2-4-6-10/h7-10H,2-6H2,1H3. The summed E-state index contributed by atoms with van der Waals surface area (Å²) in [7, 11) is 1.33. The quantitative estimate of drug-likeness (QED) is 0.597. The highest BCUT2D eigenvalue weighted by Crippen LogP contribution is 2.30. The highest BCUT2D eigenvalue weighted by atomic mass is 16.5. The van der Waals surface area contributed by atoms with Crippen molar-refractivity contribution in [1.82, 2.24) is 4.57 Å². The van der Waals surface area contributed by atoms with Crippen molar-refractivity contribution in [3.8, 4) is 0 Å². The van der Waals surface area contributed by atoms with Crippen molar-refractivity contribution in [2.75, 3.05) is 7.11 Å². The summed E-state index contributed by atoms with van der Waals surface area (Å²) in [5.41, 5.74) is 0.817. The number of hydrogen-bond donors (Lipinski definition) is 0. The Balaban J connectivity index is 2.31. The van der Waals surface area contributed by atoms with Gasteiger partial charge in [-0.3, -0.25) is 4.79 Å². The predicted molar refractivity (Wildman–Crippen MR) is 63.3 cm³/mol. The van der Waals surface area contributed by atoms with Crippen LogP contribution in [0.3, 0.4) is 0 Å². The second kappa shape index (κ2) is 5.17. The minimum absolute atomic E-state index is 0.349. The Morgan fingerprint density at radius 1 is 1.41 bits per heavy atom. The van der Waals surface area contributed by atoms with E-state index in [1.807, 2.05) is 10.8 Å². The molecule has 0 amide bonds. The van der Waals surface area contributed by atoms with Gasteiger partial charge < -0.3 is 9.30 Å². The fourth-order valence-electron chi connectivity index (χ4n) is 2.54. The van der Waals surface area contributed by atoms with Crippen LogP contribution in [0.4, 0.5) is 0 Å². The topological polar surface area (TPSA) is 48.3 Å². The molecule has 1 aliphatic rings. The van der Waals surface area contributed by atoms with E-state index >= 15 is 0 Å². The lowest BCUT2D eigenvalue weighted by molar-refractivity contribution is 0.0598. The summed E-state index contributed by atoms with van der Waals surface area (Å²) in [6.07, 6.45) is 8.38. The molecular formula is C13H17NO3. The molecule has 1 fully saturated rings. The van der Waals surface area contributed by atoms with Gasteiger partial charge in [0.2, 0.25) is 0 Å². The van der Waals surface area contributed by atoms with E-state index in [4.69, 9.17) is 0 Å². The summed E-state index contributed by atoms with van der Waals surface area (Å²) in [5, 5.41) is 0. The lowest BCUT2D eigenvalue weighted by Gasteiger charge is -2.24. The second-order valence-electron chi connectivity index (χ2n) is 4.42. The normalized spacial score (nSPS) is 16.8. The fourth-order valence-corrected chi connectivity index (χ4v) is 2.54. The van der Waals surface area contributed by atoms with Gasteiger partial charge in [-0.15, -0.1) is 0 Å². The Labute approximate surface area is 101 Å². The molecule has 0 spiro atoms. The average Bonchev–Trinajstić information content (AvgIpc) is 2.82. The maximum atomic E-state index is 11.5. The van der Waals surface area contributed by atoms with Crippen LogP contribution in [0.2, 0.25) is 0 Å². The molecule has 0 aromatic carbocycles. The molecule has 92 valence electrons. The van der Waals surface area contributed by atoms with Crippen LogP contribution in [0, 0.1) is 0 Å². The highest BCUT2D eigenvalue weighted by Gasteiger charge is 2.22. The lowest BCUT2D eigenvalue weighted by atomic mass is 9.95. The molecule has 4 heteroatoms. The molecule has 1 saturated carbocycles. The maximum Gasteiger partial charge on any atom is 0.340 e. The molecule has 0 aliphatic heterocycles. The molecule has 0 radical (unpaired) electrons. The average molecular weight is 235 g/mol. The molecule has 0 bridgehead atoms. The van der Waals surface area contributed by atoms with E-state index < -0.39 is 5.97 Å². The SMILES string of the molecule is COC(=O)c1ccn(C2CCCCC2)c1C=O. The molecule has 17 heavy (non-hydrogen) atoms. The molecule has 2 rings (SSSR count). The van der Waals surface area contributed by atoms with Crippen molar-refractivity contribution in [3.05, 3.63) is 23.5 Å². The zero-order chi connectivity index (χ0) is 12.3. The number of nitrogens with zero attached hydrogens (tertiary/aromatic N) is 1. The number of aldehydes is 1. The van der Waals surface area contributed by atoms with Gasteiger partial charge in [0.15, 0.2) is 6.29 Å². The number of ether oxygens (including phenoxy) is 1. The van der Waals surface area contributed by atoms with Crippen molar-refractivity contribution >= 4 is 12.3 Å². The maximum absolute atomic E-state index is 11.5. The number of rotatable bonds is 3. The Kier molecular flexibility index (Phi) is 3.61. The van der Waals surface area contributed by atoms with Crippen LogP contribution in [-0.4, -0.2) is 23.9 Å². The van der Waals surface area contributed by atoms with Gasteiger partial charge >= 0.3 is 5.97 Å².